The number of carboxylic acid groups (broad SMARTS) is 1. The standard InChI is InChI=1S/C12H18N2O3S/c1-2-3-10-13-11(12(15)16)9(18-10)8-14-4-6-17-7-5-14/h2-8H2,1H3,(H,15,16). The Balaban J connectivity index is 2.11. The first-order valence-electron chi connectivity index (χ1n) is 6.22. The summed E-state index contributed by atoms with van der Waals surface area (Å²) in [6.07, 6.45) is 1.84. The van der Waals surface area contributed by atoms with E-state index in [4.69, 9.17) is 4.74 Å². The Morgan fingerprint density at radius 3 is 2.83 bits per heavy atom. The second-order valence-electron chi connectivity index (χ2n) is 4.32. The van der Waals surface area contributed by atoms with Crippen molar-refractivity contribution >= 4 is 17.3 Å². The maximum Gasteiger partial charge on any atom is 0.355 e. The van der Waals surface area contributed by atoms with Crippen LogP contribution in [0.25, 0.3) is 0 Å². The first-order chi connectivity index (χ1) is 8.70. The Hall–Kier alpha value is -0.980. The van der Waals surface area contributed by atoms with Crippen molar-refractivity contribution in [3.63, 3.8) is 0 Å². The smallest absolute Gasteiger partial charge is 0.355 e. The molecular formula is C12H18N2O3S. The molecule has 1 N–H and O–H groups in total. The van der Waals surface area contributed by atoms with Crippen LogP contribution in [0.2, 0.25) is 0 Å². The Morgan fingerprint density at radius 2 is 2.22 bits per heavy atom. The van der Waals surface area contributed by atoms with E-state index in [2.05, 4.69) is 16.8 Å². The minimum Gasteiger partial charge on any atom is -0.476 e. The van der Waals surface area contributed by atoms with Crippen LogP contribution >= 0.6 is 11.3 Å². The highest BCUT2D eigenvalue weighted by atomic mass is 32.1. The topological polar surface area (TPSA) is 62.7 Å². The molecule has 1 aliphatic heterocycles. The zero-order valence-electron chi connectivity index (χ0n) is 10.5. The fraction of sp³-hybridized carbons (Fsp3) is 0.667. The molecule has 100 valence electrons. The van der Waals surface area contributed by atoms with Crippen LogP contribution in [0.4, 0.5) is 0 Å². The highest BCUT2D eigenvalue weighted by Crippen LogP contribution is 2.22. The van der Waals surface area contributed by atoms with Crippen molar-refractivity contribution in [1.29, 1.82) is 0 Å². The molecule has 18 heavy (non-hydrogen) atoms. The van der Waals surface area contributed by atoms with Crippen LogP contribution in [0.15, 0.2) is 0 Å². The number of aryl methyl sites for hydroxylation is 1. The minimum atomic E-state index is -0.920. The van der Waals surface area contributed by atoms with Crippen LogP contribution in [-0.2, 0) is 17.7 Å². The molecule has 1 aliphatic rings. The van der Waals surface area contributed by atoms with Gasteiger partial charge in [0, 0.05) is 19.6 Å². The fourth-order valence-electron chi connectivity index (χ4n) is 1.96. The van der Waals surface area contributed by atoms with Crippen molar-refractivity contribution < 1.29 is 14.6 Å². The number of rotatable bonds is 5. The maximum absolute atomic E-state index is 11.2. The molecule has 5 nitrogen and oxygen atoms in total. The molecule has 0 radical (unpaired) electrons. The summed E-state index contributed by atoms with van der Waals surface area (Å²) in [6.45, 7) is 5.92. The third-order valence-corrected chi connectivity index (χ3v) is 3.98. The van der Waals surface area contributed by atoms with E-state index in [0.29, 0.717) is 6.54 Å². The monoisotopic (exact) mass is 270 g/mol. The number of hydrogen-bond donors (Lipinski definition) is 1. The molecule has 0 spiro atoms. The minimum absolute atomic E-state index is 0.231. The Labute approximate surface area is 110 Å². The van der Waals surface area contributed by atoms with Crippen LogP contribution in [-0.4, -0.2) is 47.3 Å². The van der Waals surface area contributed by atoms with Crippen LogP contribution < -0.4 is 0 Å². The van der Waals surface area contributed by atoms with Gasteiger partial charge in [0.2, 0.25) is 0 Å². The molecule has 0 unspecified atom stereocenters. The number of aromatic carboxylic acids is 1. The van der Waals surface area contributed by atoms with Crippen LogP contribution in [0, 0.1) is 0 Å². The molecule has 0 bridgehead atoms. The number of carboxylic acids is 1. The van der Waals surface area contributed by atoms with E-state index in [0.717, 1.165) is 49.0 Å². The van der Waals surface area contributed by atoms with Crippen LogP contribution in [0.5, 0.6) is 0 Å². The second kappa shape index (κ2) is 6.26. The van der Waals surface area contributed by atoms with E-state index in [1.165, 1.54) is 11.3 Å². The lowest BCUT2D eigenvalue weighted by atomic mass is 10.3. The van der Waals surface area contributed by atoms with E-state index in [9.17, 15) is 9.90 Å². The number of thiazole rings is 1. The first-order valence-corrected chi connectivity index (χ1v) is 7.04. The van der Waals surface area contributed by atoms with Gasteiger partial charge < -0.3 is 9.84 Å². The molecule has 2 rings (SSSR count). The van der Waals surface area contributed by atoms with Gasteiger partial charge in [0.25, 0.3) is 0 Å². The van der Waals surface area contributed by atoms with E-state index in [1.807, 2.05) is 0 Å². The SMILES string of the molecule is CCCc1nc(C(=O)O)c(CN2CCOCC2)s1. The van der Waals surface area contributed by atoms with Gasteiger partial charge >= 0.3 is 5.97 Å². The molecule has 0 saturated carbocycles. The molecular weight excluding hydrogens is 252 g/mol. The van der Waals surface area contributed by atoms with Gasteiger partial charge in [-0.15, -0.1) is 11.3 Å². The van der Waals surface area contributed by atoms with Crippen molar-refractivity contribution in [1.82, 2.24) is 9.88 Å². The molecule has 0 aliphatic carbocycles. The van der Waals surface area contributed by atoms with Crippen molar-refractivity contribution in [2.45, 2.75) is 26.3 Å². The molecule has 1 aromatic heterocycles. The van der Waals surface area contributed by atoms with E-state index in [1.54, 1.807) is 0 Å². The molecule has 1 aromatic rings. The number of nitrogens with zero attached hydrogens (tertiary/aromatic N) is 2. The Kier molecular flexibility index (Phi) is 4.68. The van der Waals surface area contributed by atoms with Gasteiger partial charge in [0.1, 0.15) is 0 Å². The predicted octanol–water partition coefficient (Wildman–Crippen LogP) is 1.63. The van der Waals surface area contributed by atoms with Crippen LogP contribution in [0.3, 0.4) is 0 Å². The number of ether oxygens (including phenoxy) is 1. The molecule has 1 saturated heterocycles. The van der Waals surface area contributed by atoms with Crippen molar-refractivity contribution in [2.24, 2.45) is 0 Å². The quantitative estimate of drug-likeness (QED) is 0.881. The average Bonchev–Trinajstić information content (AvgIpc) is 2.74. The molecule has 6 heteroatoms. The Morgan fingerprint density at radius 1 is 1.50 bits per heavy atom. The molecule has 0 amide bonds. The summed E-state index contributed by atoms with van der Waals surface area (Å²) < 4.78 is 5.29. The maximum atomic E-state index is 11.2. The van der Waals surface area contributed by atoms with Gasteiger partial charge in [-0.1, -0.05) is 6.92 Å². The van der Waals surface area contributed by atoms with E-state index >= 15 is 0 Å². The predicted molar refractivity (Wildman–Crippen MR) is 69.2 cm³/mol. The van der Waals surface area contributed by atoms with Gasteiger partial charge in [-0.05, 0) is 12.8 Å². The molecule has 1 fully saturated rings. The highest BCUT2D eigenvalue weighted by molar-refractivity contribution is 7.11. The zero-order valence-corrected chi connectivity index (χ0v) is 11.3. The Bertz CT molecular complexity index is 413. The molecule has 2 heterocycles. The van der Waals surface area contributed by atoms with Gasteiger partial charge in [0.15, 0.2) is 5.69 Å². The summed E-state index contributed by atoms with van der Waals surface area (Å²) in [5, 5.41) is 10.1. The van der Waals surface area contributed by atoms with E-state index < -0.39 is 5.97 Å². The normalized spacial score (nSPS) is 16.9. The number of carbonyl (C=O) groups is 1. The zero-order chi connectivity index (χ0) is 13.0. The lowest BCUT2D eigenvalue weighted by Crippen LogP contribution is -2.35. The van der Waals surface area contributed by atoms with Crippen molar-refractivity contribution in [3.05, 3.63) is 15.6 Å². The number of hydrogen-bond acceptors (Lipinski definition) is 5. The largest absolute Gasteiger partial charge is 0.476 e. The number of aromatic nitrogens is 1. The fourth-order valence-corrected chi connectivity index (χ4v) is 3.16. The van der Waals surface area contributed by atoms with Crippen molar-refractivity contribution in [2.75, 3.05) is 26.3 Å². The second-order valence-corrected chi connectivity index (χ2v) is 5.49. The molecule has 0 aromatic carbocycles. The van der Waals surface area contributed by atoms with Gasteiger partial charge in [-0.3, -0.25) is 4.90 Å². The lowest BCUT2D eigenvalue weighted by molar-refractivity contribution is 0.0343. The summed E-state index contributed by atoms with van der Waals surface area (Å²) >= 11 is 1.53. The summed E-state index contributed by atoms with van der Waals surface area (Å²) in [5.41, 5.74) is 0.231. The van der Waals surface area contributed by atoms with Gasteiger partial charge in [0.05, 0.1) is 23.1 Å². The summed E-state index contributed by atoms with van der Waals surface area (Å²) in [4.78, 5) is 18.5. The molecule has 0 atom stereocenters. The summed E-state index contributed by atoms with van der Waals surface area (Å²) in [5.74, 6) is -0.920. The third kappa shape index (κ3) is 3.28. The average molecular weight is 270 g/mol. The number of morpholine rings is 1. The van der Waals surface area contributed by atoms with Gasteiger partial charge in [-0.25, -0.2) is 9.78 Å². The summed E-state index contributed by atoms with van der Waals surface area (Å²) in [6, 6.07) is 0. The first kappa shape index (κ1) is 13.5. The third-order valence-electron chi connectivity index (χ3n) is 2.88. The highest BCUT2D eigenvalue weighted by Gasteiger charge is 2.20. The van der Waals surface area contributed by atoms with Crippen molar-refractivity contribution in [3.8, 4) is 0 Å². The lowest BCUT2D eigenvalue weighted by Gasteiger charge is -2.25. The van der Waals surface area contributed by atoms with Crippen LogP contribution in [0.1, 0.15) is 33.7 Å². The van der Waals surface area contributed by atoms with E-state index in [-0.39, 0.29) is 5.69 Å². The summed E-state index contributed by atoms with van der Waals surface area (Å²) in [7, 11) is 0. The van der Waals surface area contributed by atoms with Gasteiger partial charge in [-0.2, -0.15) is 0 Å².